The molecular formula is C68H123N2O6P. The van der Waals surface area contributed by atoms with E-state index in [4.69, 9.17) is 9.05 Å². The van der Waals surface area contributed by atoms with Gasteiger partial charge >= 0.3 is 0 Å². The lowest BCUT2D eigenvalue weighted by Gasteiger charge is -2.29. The molecule has 0 aliphatic rings. The molecule has 0 bridgehead atoms. The Labute approximate surface area is 477 Å². The number of nitrogens with one attached hydrogen (secondary N) is 1. The van der Waals surface area contributed by atoms with E-state index in [9.17, 15) is 19.4 Å². The smallest absolute Gasteiger partial charge is 0.268 e. The van der Waals surface area contributed by atoms with Gasteiger partial charge in [-0.05, 0) is 89.9 Å². The number of unbranched alkanes of at least 4 members (excludes halogenated alkanes) is 31. The predicted octanol–water partition coefficient (Wildman–Crippen LogP) is 19.5. The lowest BCUT2D eigenvalue weighted by atomic mass is 10.0. The second-order valence-corrected chi connectivity index (χ2v) is 24.1. The van der Waals surface area contributed by atoms with Gasteiger partial charge < -0.3 is 28.8 Å². The first kappa shape index (κ1) is 74.4. The normalized spacial score (nSPS) is 14.4. The standard InChI is InChI=1S/C68H123N2O6P/c1-6-8-10-12-14-16-18-20-22-24-26-28-30-32-34-35-36-38-40-42-44-46-48-50-52-54-56-58-60-62-68(72)69-66(65-76-77(73,74)75-64-63-70(3,4)5)67(71)61-59-57-55-53-51-49-47-45-43-41-39-37-33-31-29-27-25-23-21-19-17-15-13-11-9-7-2/h8,10,14,16,20,22,26,28,32,34,43,45,51,53,59,61,66-67,71H,6-7,9,11-13,15,17-19,21,23-25,27,29-31,33,35-42,44,46-50,52,54-58,60,62-65H2,1-5H3,(H-,69,72,73,74)/b10-8-,16-14-,22-20-,28-26-,34-32-,45-43+,53-51+,61-59+. The van der Waals surface area contributed by atoms with E-state index in [0.717, 1.165) is 77.0 Å². The molecule has 77 heavy (non-hydrogen) atoms. The fraction of sp³-hybridized carbons (Fsp3) is 0.750. The first-order chi connectivity index (χ1) is 37.5. The third-order valence-corrected chi connectivity index (χ3v) is 15.0. The maximum Gasteiger partial charge on any atom is 0.268 e. The average molecular weight is 1100 g/mol. The molecule has 0 fully saturated rings. The summed E-state index contributed by atoms with van der Waals surface area (Å²) in [5.41, 5.74) is 0. The molecule has 8 nitrogen and oxygen atoms in total. The number of allylic oxidation sites excluding steroid dienone is 15. The zero-order valence-corrected chi connectivity index (χ0v) is 51.8. The summed E-state index contributed by atoms with van der Waals surface area (Å²) >= 11 is 0. The van der Waals surface area contributed by atoms with Gasteiger partial charge in [-0.1, -0.05) is 278 Å². The number of carbonyl (C=O) groups is 1. The van der Waals surface area contributed by atoms with Gasteiger partial charge in [-0.25, -0.2) is 0 Å². The quantitative estimate of drug-likeness (QED) is 0.0272. The zero-order chi connectivity index (χ0) is 56.3. The number of nitrogens with zero attached hydrogens (tertiary/aromatic N) is 1. The minimum Gasteiger partial charge on any atom is -0.756 e. The van der Waals surface area contributed by atoms with Crippen LogP contribution >= 0.6 is 7.82 Å². The fourth-order valence-electron chi connectivity index (χ4n) is 9.04. The van der Waals surface area contributed by atoms with Gasteiger partial charge in [0.2, 0.25) is 5.91 Å². The molecule has 0 heterocycles. The van der Waals surface area contributed by atoms with Crippen LogP contribution in [-0.4, -0.2) is 68.5 Å². The Morgan fingerprint density at radius 3 is 1.21 bits per heavy atom. The number of carbonyl (C=O) groups excluding carboxylic acids is 1. The van der Waals surface area contributed by atoms with E-state index in [2.05, 4.69) is 104 Å². The van der Waals surface area contributed by atoms with Crippen LogP contribution in [0.4, 0.5) is 0 Å². The summed E-state index contributed by atoms with van der Waals surface area (Å²) < 4.78 is 23.4. The van der Waals surface area contributed by atoms with Gasteiger partial charge in [0.05, 0.1) is 39.9 Å². The molecule has 3 atom stereocenters. The number of aliphatic hydroxyl groups excluding tert-OH is 1. The molecule has 0 aliphatic heterocycles. The maximum absolute atomic E-state index is 13.0. The van der Waals surface area contributed by atoms with Crippen molar-refractivity contribution in [2.75, 3.05) is 40.9 Å². The van der Waals surface area contributed by atoms with Crippen LogP contribution in [-0.2, 0) is 18.4 Å². The van der Waals surface area contributed by atoms with Gasteiger partial charge in [-0.3, -0.25) is 9.36 Å². The summed E-state index contributed by atoms with van der Waals surface area (Å²) in [4.78, 5) is 25.6. The van der Waals surface area contributed by atoms with Crippen molar-refractivity contribution in [1.82, 2.24) is 5.32 Å². The number of phosphoric ester groups is 1. The number of quaternary nitrogens is 1. The molecule has 3 unspecified atom stereocenters. The Bertz CT molecular complexity index is 1570. The second kappa shape index (κ2) is 58.1. The van der Waals surface area contributed by atoms with Crippen molar-refractivity contribution in [3.05, 3.63) is 97.2 Å². The van der Waals surface area contributed by atoms with Gasteiger partial charge in [0, 0.05) is 6.42 Å². The number of phosphoric acid groups is 1. The summed E-state index contributed by atoms with van der Waals surface area (Å²) in [6.07, 6.45) is 83.6. The molecule has 446 valence electrons. The van der Waals surface area contributed by atoms with E-state index in [-0.39, 0.29) is 12.5 Å². The Morgan fingerprint density at radius 1 is 0.468 bits per heavy atom. The van der Waals surface area contributed by atoms with Crippen molar-refractivity contribution < 1.29 is 32.9 Å². The highest BCUT2D eigenvalue weighted by molar-refractivity contribution is 7.45. The Balaban J connectivity index is 4.22. The van der Waals surface area contributed by atoms with E-state index in [1.807, 2.05) is 27.2 Å². The minimum atomic E-state index is -4.62. The summed E-state index contributed by atoms with van der Waals surface area (Å²) in [5.74, 6) is -0.214. The van der Waals surface area contributed by atoms with Crippen molar-refractivity contribution in [2.45, 2.75) is 289 Å². The molecule has 0 aromatic heterocycles. The number of aliphatic hydroxyl groups is 1. The van der Waals surface area contributed by atoms with Crippen LogP contribution < -0.4 is 10.2 Å². The molecule has 0 rings (SSSR count). The molecule has 0 spiro atoms. The Kier molecular flexibility index (Phi) is 56.1. The molecule has 9 heteroatoms. The van der Waals surface area contributed by atoms with Gasteiger partial charge in [-0.2, -0.15) is 0 Å². The van der Waals surface area contributed by atoms with E-state index >= 15 is 0 Å². The van der Waals surface area contributed by atoms with Crippen LogP contribution in [0.3, 0.4) is 0 Å². The Morgan fingerprint density at radius 2 is 0.805 bits per heavy atom. The zero-order valence-electron chi connectivity index (χ0n) is 50.9. The van der Waals surface area contributed by atoms with Crippen LogP contribution in [0.25, 0.3) is 0 Å². The lowest BCUT2D eigenvalue weighted by molar-refractivity contribution is -0.870. The number of likely N-dealkylation sites (N-methyl/N-ethyl adjacent to an activating group) is 1. The van der Waals surface area contributed by atoms with Crippen LogP contribution in [0.15, 0.2) is 97.2 Å². The van der Waals surface area contributed by atoms with Gasteiger partial charge in [-0.15, -0.1) is 0 Å². The maximum atomic E-state index is 13.0. The summed E-state index contributed by atoms with van der Waals surface area (Å²) in [6, 6.07) is -0.917. The first-order valence-corrected chi connectivity index (χ1v) is 33.6. The monoisotopic (exact) mass is 1090 g/mol. The summed E-state index contributed by atoms with van der Waals surface area (Å²) in [7, 11) is 1.23. The minimum absolute atomic E-state index is 0.0128. The molecule has 2 N–H and O–H groups in total. The number of hydrogen-bond acceptors (Lipinski definition) is 6. The van der Waals surface area contributed by atoms with Crippen molar-refractivity contribution >= 4 is 13.7 Å². The van der Waals surface area contributed by atoms with Gasteiger partial charge in [0.25, 0.3) is 7.82 Å². The van der Waals surface area contributed by atoms with Crippen LogP contribution in [0, 0.1) is 0 Å². The molecular weight excluding hydrogens is 972 g/mol. The second-order valence-electron chi connectivity index (χ2n) is 22.7. The molecule has 0 aromatic rings. The topological polar surface area (TPSA) is 108 Å². The number of rotatable bonds is 58. The van der Waals surface area contributed by atoms with Crippen molar-refractivity contribution in [1.29, 1.82) is 0 Å². The molecule has 1 amide bonds. The van der Waals surface area contributed by atoms with Gasteiger partial charge in [0.15, 0.2) is 0 Å². The largest absolute Gasteiger partial charge is 0.756 e. The van der Waals surface area contributed by atoms with Crippen molar-refractivity contribution in [3.8, 4) is 0 Å². The van der Waals surface area contributed by atoms with Crippen LogP contribution in [0.5, 0.6) is 0 Å². The molecule has 0 radical (unpaired) electrons. The fourth-order valence-corrected chi connectivity index (χ4v) is 9.76. The molecule has 0 aromatic carbocycles. The highest BCUT2D eigenvalue weighted by Crippen LogP contribution is 2.38. The van der Waals surface area contributed by atoms with Crippen LogP contribution in [0.2, 0.25) is 0 Å². The summed E-state index contributed by atoms with van der Waals surface area (Å²) in [5, 5.41) is 13.9. The first-order valence-electron chi connectivity index (χ1n) is 32.1. The third kappa shape index (κ3) is 60.9. The van der Waals surface area contributed by atoms with E-state index in [1.165, 1.54) is 180 Å². The molecule has 0 aliphatic carbocycles. The van der Waals surface area contributed by atoms with Crippen LogP contribution in [0.1, 0.15) is 277 Å². The molecule has 0 saturated heterocycles. The molecule has 0 saturated carbocycles. The number of amides is 1. The number of hydrogen-bond donors (Lipinski definition) is 2. The third-order valence-electron chi connectivity index (χ3n) is 14.0. The highest BCUT2D eigenvalue weighted by atomic mass is 31.2. The Hall–Kier alpha value is -2.58. The van der Waals surface area contributed by atoms with Gasteiger partial charge in [0.1, 0.15) is 13.2 Å². The van der Waals surface area contributed by atoms with Crippen molar-refractivity contribution in [2.24, 2.45) is 0 Å². The highest BCUT2D eigenvalue weighted by Gasteiger charge is 2.23. The summed E-state index contributed by atoms with van der Waals surface area (Å²) in [6.45, 7) is 4.52. The van der Waals surface area contributed by atoms with E-state index in [0.29, 0.717) is 17.4 Å². The van der Waals surface area contributed by atoms with E-state index < -0.39 is 26.6 Å². The SMILES string of the molecule is CC/C=C\C/C=C\C/C=C\C/C=C\C/C=C\CCCCCCCCCCCCCCCC(=O)NC(COP(=O)([O-])OCC[N+](C)(C)C)C(O)/C=C/CC/C=C/CC/C=C/CCCCCCCCCCCCCCCCCC. The van der Waals surface area contributed by atoms with E-state index in [1.54, 1.807) is 6.08 Å². The average Bonchev–Trinajstić information content (AvgIpc) is 3.39. The van der Waals surface area contributed by atoms with Crippen molar-refractivity contribution in [3.63, 3.8) is 0 Å². The predicted molar refractivity (Wildman–Crippen MR) is 334 cm³/mol. The lowest BCUT2D eigenvalue weighted by Crippen LogP contribution is -2.45.